The number of nitrogens with zero attached hydrogens (tertiary/aromatic N) is 2. The highest BCUT2D eigenvalue weighted by atomic mass is 32.1. The van der Waals surface area contributed by atoms with Gasteiger partial charge in [0, 0.05) is 25.2 Å². The fourth-order valence-electron chi connectivity index (χ4n) is 2.39. The lowest BCUT2D eigenvalue weighted by atomic mass is 10.1. The van der Waals surface area contributed by atoms with E-state index >= 15 is 0 Å². The van der Waals surface area contributed by atoms with E-state index in [1.165, 1.54) is 11.3 Å². The topological polar surface area (TPSA) is 45.2 Å². The number of carbonyl (C=O) groups excluding carboxylic acids is 1. The van der Waals surface area contributed by atoms with Gasteiger partial charge in [0.15, 0.2) is 0 Å². The molecule has 0 unspecified atom stereocenters. The molecule has 0 radical (unpaired) electrons. The van der Waals surface area contributed by atoms with Crippen LogP contribution in [0.1, 0.15) is 16.1 Å². The van der Waals surface area contributed by atoms with Crippen LogP contribution in [0.2, 0.25) is 0 Å². The third-order valence-electron chi connectivity index (χ3n) is 3.44. The van der Waals surface area contributed by atoms with Crippen molar-refractivity contribution in [3.63, 3.8) is 0 Å². The number of aromatic nitrogens is 1. The molecule has 1 N–H and O–H groups in total. The van der Waals surface area contributed by atoms with Crippen molar-refractivity contribution in [2.24, 2.45) is 0 Å². The van der Waals surface area contributed by atoms with Gasteiger partial charge in [0.25, 0.3) is 5.91 Å². The Morgan fingerprint density at radius 2 is 2.05 bits per heavy atom. The molecule has 0 aliphatic carbocycles. The van der Waals surface area contributed by atoms with Crippen molar-refractivity contribution >= 4 is 17.2 Å². The maximum absolute atomic E-state index is 12.7. The van der Waals surface area contributed by atoms with Crippen LogP contribution < -0.4 is 5.32 Å². The summed E-state index contributed by atoms with van der Waals surface area (Å²) in [4.78, 5) is 19.7. The molecule has 1 saturated heterocycles. The molecule has 4 nitrogen and oxygen atoms in total. The SMILES string of the molecule is O=C(c1scnc1-c1ccccc1)N1CCCNCC1. The largest absolute Gasteiger partial charge is 0.337 e. The van der Waals surface area contributed by atoms with Crippen molar-refractivity contribution in [1.82, 2.24) is 15.2 Å². The molecule has 3 rings (SSSR count). The highest BCUT2D eigenvalue weighted by Gasteiger charge is 2.22. The molecule has 5 heteroatoms. The monoisotopic (exact) mass is 287 g/mol. The number of hydrogen-bond acceptors (Lipinski definition) is 4. The molecule has 0 atom stereocenters. The van der Waals surface area contributed by atoms with Crippen molar-refractivity contribution in [2.75, 3.05) is 26.2 Å². The Balaban J connectivity index is 1.87. The number of amides is 1. The maximum atomic E-state index is 12.7. The molecule has 1 aliphatic rings. The molecule has 0 spiro atoms. The summed E-state index contributed by atoms with van der Waals surface area (Å²) in [5, 5.41) is 3.32. The van der Waals surface area contributed by atoms with E-state index < -0.39 is 0 Å². The van der Waals surface area contributed by atoms with Crippen molar-refractivity contribution in [3.8, 4) is 11.3 Å². The van der Waals surface area contributed by atoms with Gasteiger partial charge >= 0.3 is 0 Å². The van der Waals surface area contributed by atoms with Gasteiger partial charge in [-0.1, -0.05) is 30.3 Å². The lowest BCUT2D eigenvalue weighted by molar-refractivity contribution is 0.0771. The van der Waals surface area contributed by atoms with Crippen LogP contribution in [-0.2, 0) is 0 Å². The zero-order valence-electron chi connectivity index (χ0n) is 11.2. The molecule has 0 saturated carbocycles. The predicted molar refractivity (Wildman–Crippen MR) is 80.9 cm³/mol. The highest BCUT2D eigenvalue weighted by Crippen LogP contribution is 2.26. The van der Waals surface area contributed by atoms with Crippen LogP contribution >= 0.6 is 11.3 Å². The number of hydrogen-bond donors (Lipinski definition) is 1. The van der Waals surface area contributed by atoms with Crippen molar-refractivity contribution in [1.29, 1.82) is 0 Å². The molecule has 1 amide bonds. The van der Waals surface area contributed by atoms with Crippen LogP contribution in [0.5, 0.6) is 0 Å². The van der Waals surface area contributed by atoms with Crippen LogP contribution in [0.15, 0.2) is 35.8 Å². The first-order chi connectivity index (χ1) is 9.86. The third-order valence-corrected chi connectivity index (χ3v) is 4.25. The van der Waals surface area contributed by atoms with Gasteiger partial charge in [0.1, 0.15) is 4.88 Å². The number of benzene rings is 1. The zero-order chi connectivity index (χ0) is 13.8. The second-order valence-electron chi connectivity index (χ2n) is 4.79. The summed E-state index contributed by atoms with van der Waals surface area (Å²) in [6.07, 6.45) is 1.01. The lowest BCUT2D eigenvalue weighted by Crippen LogP contribution is -2.34. The molecule has 1 aromatic heterocycles. The number of thiazole rings is 1. The van der Waals surface area contributed by atoms with Crippen LogP contribution in [0.25, 0.3) is 11.3 Å². The average Bonchev–Trinajstić information content (AvgIpc) is 2.82. The molecule has 0 bridgehead atoms. The van der Waals surface area contributed by atoms with E-state index in [0.29, 0.717) is 0 Å². The van der Waals surface area contributed by atoms with Crippen LogP contribution in [-0.4, -0.2) is 42.0 Å². The van der Waals surface area contributed by atoms with Gasteiger partial charge in [0.2, 0.25) is 0 Å². The highest BCUT2D eigenvalue weighted by molar-refractivity contribution is 7.12. The van der Waals surface area contributed by atoms with E-state index in [2.05, 4.69) is 10.3 Å². The van der Waals surface area contributed by atoms with Gasteiger partial charge in [-0.15, -0.1) is 11.3 Å². The van der Waals surface area contributed by atoms with Gasteiger partial charge in [0.05, 0.1) is 11.2 Å². The first kappa shape index (κ1) is 13.3. The predicted octanol–water partition coefficient (Wildman–Crippen LogP) is 2.25. The normalized spacial score (nSPS) is 15.9. The van der Waals surface area contributed by atoms with Crippen LogP contribution in [0.4, 0.5) is 0 Å². The van der Waals surface area contributed by atoms with E-state index in [1.807, 2.05) is 35.2 Å². The van der Waals surface area contributed by atoms with Crippen molar-refractivity contribution in [2.45, 2.75) is 6.42 Å². The first-order valence-electron chi connectivity index (χ1n) is 6.85. The second-order valence-corrected chi connectivity index (χ2v) is 5.65. The van der Waals surface area contributed by atoms with E-state index in [9.17, 15) is 4.79 Å². The molecule has 2 heterocycles. The average molecular weight is 287 g/mol. The van der Waals surface area contributed by atoms with E-state index in [4.69, 9.17) is 0 Å². The fourth-order valence-corrected chi connectivity index (χ4v) is 3.17. The van der Waals surface area contributed by atoms with Crippen LogP contribution in [0.3, 0.4) is 0 Å². The number of carbonyl (C=O) groups is 1. The van der Waals surface area contributed by atoms with Crippen LogP contribution in [0, 0.1) is 0 Å². The van der Waals surface area contributed by atoms with E-state index in [1.54, 1.807) is 5.51 Å². The fraction of sp³-hybridized carbons (Fsp3) is 0.333. The van der Waals surface area contributed by atoms with Gasteiger partial charge in [-0.05, 0) is 13.0 Å². The van der Waals surface area contributed by atoms with Crippen molar-refractivity contribution < 1.29 is 4.79 Å². The quantitative estimate of drug-likeness (QED) is 0.921. The maximum Gasteiger partial charge on any atom is 0.266 e. The summed E-state index contributed by atoms with van der Waals surface area (Å²) in [7, 11) is 0. The molecule has 1 aromatic carbocycles. The standard InChI is InChI=1S/C15H17N3OS/c19-15(18-9-4-7-16-8-10-18)14-13(17-11-20-14)12-5-2-1-3-6-12/h1-3,5-6,11,16H,4,7-10H2. The summed E-state index contributed by atoms with van der Waals surface area (Å²) >= 11 is 1.43. The Morgan fingerprint density at radius 1 is 1.20 bits per heavy atom. The molecule has 1 aliphatic heterocycles. The minimum atomic E-state index is 0.107. The Morgan fingerprint density at radius 3 is 2.90 bits per heavy atom. The Kier molecular flexibility index (Phi) is 4.08. The lowest BCUT2D eigenvalue weighted by Gasteiger charge is -2.19. The molecule has 2 aromatic rings. The third kappa shape index (κ3) is 2.73. The van der Waals surface area contributed by atoms with Gasteiger partial charge in [-0.3, -0.25) is 4.79 Å². The van der Waals surface area contributed by atoms with E-state index in [-0.39, 0.29) is 5.91 Å². The summed E-state index contributed by atoms with van der Waals surface area (Å²) in [6.45, 7) is 3.44. The smallest absolute Gasteiger partial charge is 0.266 e. The summed E-state index contributed by atoms with van der Waals surface area (Å²) in [6, 6.07) is 9.90. The first-order valence-corrected chi connectivity index (χ1v) is 7.73. The minimum Gasteiger partial charge on any atom is -0.337 e. The Bertz CT molecular complexity index is 574. The zero-order valence-corrected chi connectivity index (χ0v) is 12.0. The van der Waals surface area contributed by atoms with Gasteiger partial charge in [-0.2, -0.15) is 0 Å². The molecular weight excluding hydrogens is 270 g/mol. The molecule has 20 heavy (non-hydrogen) atoms. The Hall–Kier alpha value is -1.72. The van der Waals surface area contributed by atoms with Gasteiger partial charge < -0.3 is 10.2 Å². The molecule has 104 valence electrons. The summed E-state index contributed by atoms with van der Waals surface area (Å²) in [5.41, 5.74) is 3.56. The number of rotatable bonds is 2. The number of nitrogens with one attached hydrogen (secondary N) is 1. The summed E-state index contributed by atoms with van der Waals surface area (Å²) < 4.78 is 0. The molecule has 1 fully saturated rings. The summed E-state index contributed by atoms with van der Waals surface area (Å²) in [5.74, 6) is 0.107. The Labute approximate surface area is 122 Å². The minimum absolute atomic E-state index is 0.107. The molecular formula is C15H17N3OS. The van der Waals surface area contributed by atoms with Crippen molar-refractivity contribution in [3.05, 3.63) is 40.7 Å². The van der Waals surface area contributed by atoms with Gasteiger partial charge in [-0.25, -0.2) is 4.98 Å². The second kappa shape index (κ2) is 6.15. The van der Waals surface area contributed by atoms with E-state index in [0.717, 1.165) is 48.7 Å².